The predicted octanol–water partition coefficient (Wildman–Crippen LogP) is 2.06. The summed E-state index contributed by atoms with van der Waals surface area (Å²) in [5.74, 6) is 0.736. The first-order valence-corrected chi connectivity index (χ1v) is 9.09. The molecule has 24 heavy (non-hydrogen) atoms. The molecule has 3 rings (SSSR count). The van der Waals surface area contributed by atoms with Crippen LogP contribution < -0.4 is 10.6 Å². The number of aliphatic hydroxyl groups excluding tert-OH is 1. The monoisotopic (exact) mass is 331 g/mol. The highest BCUT2D eigenvalue weighted by molar-refractivity contribution is 5.74. The summed E-state index contributed by atoms with van der Waals surface area (Å²) < 4.78 is 0. The summed E-state index contributed by atoms with van der Waals surface area (Å²) in [6.45, 7) is 7.31. The number of likely N-dealkylation sites (tertiary alicyclic amines) is 1. The molecule has 0 bridgehead atoms. The Hall–Kier alpha value is -1.59. The molecule has 5 nitrogen and oxygen atoms in total. The molecule has 1 saturated heterocycles. The van der Waals surface area contributed by atoms with E-state index >= 15 is 0 Å². The number of hydrogen-bond acceptors (Lipinski definition) is 3. The van der Waals surface area contributed by atoms with E-state index in [1.54, 1.807) is 0 Å². The van der Waals surface area contributed by atoms with Crippen molar-refractivity contribution in [2.24, 2.45) is 5.92 Å². The molecule has 1 fully saturated rings. The summed E-state index contributed by atoms with van der Waals surface area (Å²) in [4.78, 5) is 14.7. The van der Waals surface area contributed by atoms with Crippen molar-refractivity contribution >= 4 is 6.03 Å². The average Bonchev–Trinajstić information content (AvgIpc) is 2.88. The van der Waals surface area contributed by atoms with Gasteiger partial charge in [-0.25, -0.2) is 4.79 Å². The van der Waals surface area contributed by atoms with Crippen LogP contribution in [0.15, 0.2) is 24.3 Å². The van der Waals surface area contributed by atoms with Crippen molar-refractivity contribution in [2.75, 3.05) is 19.6 Å². The number of nitrogens with one attached hydrogen (secondary N) is 2. The fraction of sp³-hybridized carbons (Fsp3) is 0.632. The van der Waals surface area contributed by atoms with Crippen molar-refractivity contribution in [1.29, 1.82) is 0 Å². The summed E-state index contributed by atoms with van der Waals surface area (Å²) in [6, 6.07) is 7.73. The zero-order valence-electron chi connectivity index (χ0n) is 14.7. The van der Waals surface area contributed by atoms with Gasteiger partial charge in [0.05, 0.1) is 12.1 Å². The Balaban J connectivity index is 1.49. The van der Waals surface area contributed by atoms with Crippen molar-refractivity contribution in [3.05, 3.63) is 35.4 Å². The minimum atomic E-state index is -0.548. The molecule has 4 unspecified atom stereocenters. The van der Waals surface area contributed by atoms with Crippen LogP contribution in [0.25, 0.3) is 0 Å². The second kappa shape index (κ2) is 7.53. The summed E-state index contributed by atoms with van der Waals surface area (Å²) in [5, 5.41) is 16.1. The number of amides is 2. The molecule has 0 aromatic heterocycles. The Morgan fingerprint density at radius 1 is 1.42 bits per heavy atom. The van der Waals surface area contributed by atoms with Gasteiger partial charge in [-0.3, -0.25) is 4.90 Å². The number of benzene rings is 1. The van der Waals surface area contributed by atoms with Gasteiger partial charge < -0.3 is 15.7 Å². The number of aliphatic hydroxyl groups is 1. The molecular formula is C19H29N3O2. The number of hydrogen-bond donors (Lipinski definition) is 3. The quantitative estimate of drug-likeness (QED) is 0.791. The van der Waals surface area contributed by atoms with Crippen LogP contribution in [0.4, 0.5) is 4.79 Å². The summed E-state index contributed by atoms with van der Waals surface area (Å²) in [6.07, 6.45) is 2.59. The zero-order valence-corrected chi connectivity index (χ0v) is 14.7. The van der Waals surface area contributed by atoms with Crippen LogP contribution in [0.5, 0.6) is 0 Å². The summed E-state index contributed by atoms with van der Waals surface area (Å²) in [7, 11) is 0. The number of piperidine rings is 1. The first-order valence-electron chi connectivity index (χ1n) is 9.09. The van der Waals surface area contributed by atoms with Crippen molar-refractivity contribution in [2.45, 2.75) is 51.3 Å². The third kappa shape index (κ3) is 3.90. The van der Waals surface area contributed by atoms with Gasteiger partial charge in [-0.2, -0.15) is 0 Å². The van der Waals surface area contributed by atoms with E-state index in [1.807, 2.05) is 24.3 Å². The van der Waals surface area contributed by atoms with Crippen molar-refractivity contribution < 1.29 is 9.90 Å². The molecule has 0 saturated carbocycles. The highest BCUT2D eigenvalue weighted by Crippen LogP contribution is 2.31. The van der Waals surface area contributed by atoms with Crippen LogP contribution in [-0.4, -0.2) is 47.8 Å². The third-order valence-electron chi connectivity index (χ3n) is 5.36. The molecule has 3 N–H and O–H groups in total. The van der Waals surface area contributed by atoms with Crippen LogP contribution in [-0.2, 0) is 6.42 Å². The molecule has 1 aliphatic heterocycles. The van der Waals surface area contributed by atoms with Gasteiger partial charge in [0.25, 0.3) is 0 Å². The van der Waals surface area contributed by atoms with Gasteiger partial charge in [0.1, 0.15) is 0 Å². The Morgan fingerprint density at radius 2 is 2.21 bits per heavy atom. The molecule has 1 aromatic carbocycles. The molecule has 4 atom stereocenters. The fourth-order valence-electron chi connectivity index (χ4n) is 3.94. The van der Waals surface area contributed by atoms with Gasteiger partial charge >= 0.3 is 6.03 Å². The first-order chi connectivity index (χ1) is 11.5. The van der Waals surface area contributed by atoms with E-state index in [9.17, 15) is 9.90 Å². The van der Waals surface area contributed by atoms with Crippen LogP contribution in [0.2, 0.25) is 0 Å². The highest BCUT2D eigenvalue weighted by Gasteiger charge is 2.32. The largest absolute Gasteiger partial charge is 0.390 e. The van der Waals surface area contributed by atoms with Crippen LogP contribution >= 0.6 is 0 Å². The zero-order chi connectivity index (χ0) is 17.1. The normalized spacial score (nSPS) is 28.2. The summed E-state index contributed by atoms with van der Waals surface area (Å²) in [5.41, 5.74) is 2.14. The van der Waals surface area contributed by atoms with Gasteiger partial charge in [0, 0.05) is 25.6 Å². The van der Waals surface area contributed by atoms with Gasteiger partial charge in [0.2, 0.25) is 0 Å². The average molecular weight is 331 g/mol. The SMILES string of the molecule is CC1CCCN(C(C)CNC(=O)NC2c3ccccc3CC2O)C1. The van der Waals surface area contributed by atoms with E-state index in [2.05, 4.69) is 29.4 Å². The second-order valence-electron chi connectivity index (χ2n) is 7.39. The lowest BCUT2D eigenvalue weighted by molar-refractivity contribution is 0.132. The number of fused-ring (bicyclic) bond motifs is 1. The van der Waals surface area contributed by atoms with E-state index in [1.165, 1.54) is 12.8 Å². The smallest absolute Gasteiger partial charge is 0.315 e. The van der Waals surface area contributed by atoms with Crippen molar-refractivity contribution in [1.82, 2.24) is 15.5 Å². The Kier molecular flexibility index (Phi) is 5.41. The maximum atomic E-state index is 12.3. The van der Waals surface area contributed by atoms with Crippen LogP contribution in [0.1, 0.15) is 43.9 Å². The number of urea groups is 1. The molecule has 5 heteroatoms. The van der Waals surface area contributed by atoms with Gasteiger partial charge in [-0.05, 0) is 43.4 Å². The molecule has 0 spiro atoms. The number of nitrogens with zero attached hydrogens (tertiary/aromatic N) is 1. The van der Waals surface area contributed by atoms with Gasteiger partial charge in [-0.15, -0.1) is 0 Å². The maximum Gasteiger partial charge on any atom is 0.315 e. The molecule has 2 aliphatic rings. The fourth-order valence-corrected chi connectivity index (χ4v) is 3.94. The molecule has 1 aliphatic carbocycles. The molecular weight excluding hydrogens is 302 g/mol. The van der Waals surface area contributed by atoms with Crippen LogP contribution in [0, 0.1) is 5.92 Å². The number of carbonyl (C=O) groups is 1. The molecule has 0 radical (unpaired) electrons. The van der Waals surface area contributed by atoms with Crippen molar-refractivity contribution in [3.63, 3.8) is 0 Å². The molecule has 132 valence electrons. The van der Waals surface area contributed by atoms with E-state index < -0.39 is 6.10 Å². The highest BCUT2D eigenvalue weighted by atomic mass is 16.3. The lowest BCUT2D eigenvalue weighted by Gasteiger charge is -2.35. The minimum absolute atomic E-state index is 0.201. The standard InChI is InChI=1S/C19H29N3O2/c1-13-6-5-9-22(12-13)14(2)11-20-19(24)21-18-16-8-4-3-7-15(16)10-17(18)23/h3-4,7-8,13-14,17-18,23H,5-6,9-12H2,1-2H3,(H2,20,21,24). The van der Waals surface area contributed by atoms with Crippen LogP contribution in [0.3, 0.4) is 0 Å². The number of carbonyl (C=O) groups excluding carboxylic acids is 1. The predicted molar refractivity (Wildman–Crippen MR) is 94.9 cm³/mol. The Bertz CT molecular complexity index is 577. The Labute approximate surface area is 144 Å². The topological polar surface area (TPSA) is 64.6 Å². The lowest BCUT2D eigenvalue weighted by Crippen LogP contribution is -2.49. The lowest BCUT2D eigenvalue weighted by atomic mass is 9.99. The van der Waals surface area contributed by atoms with E-state index in [-0.39, 0.29) is 12.1 Å². The van der Waals surface area contributed by atoms with E-state index in [4.69, 9.17) is 0 Å². The van der Waals surface area contributed by atoms with Gasteiger partial charge in [0.15, 0.2) is 0 Å². The minimum Gasteiger partial charge on any atom is -0.390 e. The van der Waals surface area contributed by atoms with Gasteiger partial charge in [-0.1, -0.05) is 31.2 Å². The first kappa shape index (κ1) is 17.2. The van der Waals surface area contributed by atoms with E-state index in [0.717, 1.165) is 30.1 Å². The Morgan fingerprint density at radius 3 is 3.00 bits per heavy atom. The van der Waals surface area contributed by atoms with Crippen molar-refractivity contribution in [3.8, 4) is 0 Å². The number of rotatable bonds is 4. The third-order valence-corrected chi connectivity index (χ3v) is 5.36. The van der Waals surface area contributed by atoms with E-state index in [0.29, 0.717) is 19.0 Å². The second-order valence-corrected chi connectivity index (χ2v) is 7.39. The molecule has 1 heterocycles. The molecule has 1 aromatic rings. The molecule has 2 amide bonds. The summed E-state index contributed by atoms with van der Waals surface area (Å²) >= 11 is 0. The maximum absolute atomic E-state index is 12.3.